The summed E-state index contributed by atoms with van der Waals surface area (Å²) in [6.45, 7) is 2.19. The molecule has 0 aliphatic heterocycles. The number of nitrogen functional groups attached to an aromatic ring is 1. The molecule has 0 atom stereocenters. The van der Waals surface area contributed by atoms with Gasteiger partial charge in [-0.3, -0.25) is 0 Å². The van der Waals surface area contributed by atoms with Crippen molar-refractivity contribution in [2.45, 2.75) is 24.8 Å². The summed E-state index contributed by atoms with van der Waals surface area (Å²) in [6.07, 6.45) is 4.03. The Bertz CT molecular complexity index is 485. The zero-order chi connectivity index (χ0) is 11.4. The summed E-state index contributed by atoms with van der Waals surface area (Å²) >= 11 is 1.79. The first-order chi connectivity index (χ1) is 7.81. The van der Waals surface area contributed by atoms with E-state index in [2.05, 4.69) is 16.9 Å². The van der Waals surface area contributed by atoms with Crippen molar-refractivity contribution in [1.29, 1.82) is 0 Å². The maximum Gasteiger partial charge on any atom is 0.117 e. The van der Waals surface area contributed by atoms with E-state index in [0.717, 1.165) is 27.4 Å². The molecule has 0 aliphatic carbocycles. The molecule has 0 saturated carbocycles. The maximum atomic E-state index is 5.73. The molecule has 0 fully saturated rings. The van der Waals surface area contributed by atoms with E-state index in [0.29, 0.717) is 0 Å². The van der Waals surface area contributed by atoms with Crippen molar-refractivity contribution in [3.8, 4) is 0 Å². The van der Waals surface area contributed by atoms with Crippen LogP contribution in [0, 0.1) is 0 Å². The first-order valence-corrected chi connectivity index (χ1v) is 6.43. The van der Waals surface area contributed by atoms with Crippen LogP contribution in [-0.2, 0) is 0 Å². The highest BCUT2D eigenvalue weighted by Crippen LogP contribution is 2.26. The highest BCUT2D eigenvalue weighted by Gasteiger charge is 2.03. The monoisotopic (exact) mass is 233 g/mol. The average Bonchev–Trinajstić information content (AvgIpc) is 2.29. The molecule has 1 aromatic carbocycles. The van der Waals surface area contributed by atoms with Gasteiger partial charge in [-0.25, -0.2) is 9.97 Å². The second kappa shape index (κ2) is 5.16. The van der Waals surface area contributed by atoms with Crippen molar-refractivity contribution in [2.24, 2.45) is 0 Å². The molecule has 3 nitrogen and oxygen atoms in total. The fraction of sp³-hybridized carbons (Fsp3) is 0.333. The van der Waals surface area contributed by atoms with Crippen LogP contribution in [0.25, 0.3) is 10.9 Å². The lowest BCUT2D eigenvalue weighted by atomic mass is 10.2. The topological polar surface area (TPSA) is 51.8 Å². The van der Waals surface area contributed by atoms with E-state index in [1.165, 1.54) is 12.8 Å². The Labute approximate surface area is 99.5 Å². The van der Waals surface area contributed by atoms with Crippen LogP contribution in [0.1, 0.15) is 19.8 Å². The molecule has 2 rings (SSSR count). The third-order valence-electron chi connectivity index (χ3n) is 2.36. The van der Waals surface area contributed by atoms with E-state index in [9.17, 15) is 0 Å². The highest BCUT2D eigenvalue weighted by atomic mass is 32.2. The summed E-state index contributed by atoms with van der Waals surface area (Å²) in [5.41, 5.74) is 7.40. The number of hydrogen-bond acceptors (Lipinski definition) is 4. The van der Waals surface area contributed by atoms with Gasteiger partial charge >= 0.3 is 0 Å². The lowest BCUT2D eigenvalue weighted by molar-refractivity contribution is 0.895. The number of aromatic nitrogens is 2. The van der Waals surface area contributed by atoms with Crippen LogP contribution in [0.4, 0.5) is 5.69 Å². The Morgan fingerprint density at radius 1 is 1.31 bits per heavy atom. The first-order valence-electron chi connectivity index (χ1n) is 5.44. The number of nitrogens with two attached hydrogens (primary N) is 1. The summed E-state index contributed by atoms with van der Waals surface area (Å²) in [6, 6.07) is 5.79. The molecule has 0 amide bonds. The fourth-order valence-electron chi connectivity index (χ4n) is 1.48. The van der Waals surface area contributed by atoms with E-state index >= 15 is 0 Å². The van der Waals surface area contributed by atoms with Crippen LogP contribution in [-0.4, -0.2) is 15.7 Å². The predicted molar refractivity (Wildman–Crippen MR) is 69.6 cm³/mol. The number of thioether (sulfide) groups is 1. The fourth-order valence-corrected chi connectivity index (χ4v) is 2.55. The number of benzene rings is 1. The Kier molecular flexibility index (Phi) is 3.62. The van der Waals surface area contributed by atoms with Crippen molar-refractivity contribution in [3.63, 3.8) is 0 Å². The van der Waals surface area contributed by atoms with Gasteiger partial charge in [0.2, 0.25) is 0 Å². The van der Waals surface area contributed by atoms with E-state index in [1.54, 1.807) is 18.1 Å². The van der Waals surface area contributed by atoms with Gasteiger partial charge in [-0.05, 0) is 30.4 Å². The molecule has 2 N–H and O–H groups in total. The summed E-state index contributed by atoms with van der Waals surface area (Å²) in [4.78, 5) is 8.55. The first kappa shape index (κ1) is 11.2. The van der Waals surface area contributed by atoms with Gasteiger partial charge in [-0.2, -0.15) is 0 Å². The largest absolute Gasteiger partial charge is 0.399 e. The third-order valence-corrected chi connectivity index (χ3v) is 3.45. The predicted octanol–water partition coefficient (Wildman–Crippen LogP) is 3.10. The normalized spacial score (nSPS) is 10.8. The van der Waals surface area contributed by atoms with Gasteiger partial charge in [-0.1, -0.05) is 13.3 Å². The molecule has 16 heavy (non-hydrogen) atoms. The molecule has 1 aromatic heterocycles. The van der Waals surface area contributed by atoms with Crippen LogP contribution in [0.2, 0.25) is 0 Å². The average molecular weight is 233 g/mol. The Morgan fingerprint density at radius 2 is 2.19 bits per heavy atom. The van der Waals surface area contributed by atoms with Crippen LogP contribution in [0.15, 0.2) is 29.6 Å². The summed E-state index contributed by atoms with van der Waals surface area (Å²) in [5, 5.41) is 2.15. The lowest BCUT2D eigenvalue weighted by Gasteiger charge is -2.04. The van der Waals surface area contributed by atoms with Gasteiger partial charge in [-0.15, -0.1) is 11.8 Å². The van der Waals surface area contributed by atoms with Crippen molar-refractivity contribution < 1.29 is 0 Å². The highest BCUT2D eigenvalue weighted by molar-refractivity contribution is 7.99. The molecule has 2 aromatic rings. The number of fused-ring (bicyclic) bond motifs is 1. The van der Waals surface area contributed by atoms with Crippen molar-refractivity contribution in [3.05, 3.63) is 24.5 Å². The molecule has 0 spiro atoms. The molecule has 0 bridgehead atoms. The third kappa shape index (κ3) is 2.44. The SMILES string of the molecule is CCCCSc1ncnc2cc(N)ccc12. The van der Waals surface area contributed by atoms with E-state index < -0.39 is 0 Å². The Balaban J connectivity index is 2.30. The number of nitrogens with zero attached hydrogens (tertiary/aromatic N) is 2. The van der Waals surface area contributed by atoms with E-state index in [-0.39, 0.29) is 0 Å². The van der Waals surface area contributed by atoms with Gasteiger partial charge in [0, 0.05) is 11.1 Å². The summed E-state index contributed by atoms with van der Waals surface area (Å²) in [5.74, 6) is 1.10. The van der Waals surface area contributed by atoms with Crippen LogP contribution in [0.3, 0.4) is 0 Å². The molecular formula is C12H15N3S. The van der Waals surface area contributed by atoms with E-state index in [1.807, 2.05) is 18.2 Å². The molecule has 84 valence electrons. The van der Waals surface area contributed by atoms with Crippen molar-refractivity contribution in [2.75, 3.05) is 11.5 Å². The van der Waals surface area contributed by atoms with Crippen LogP contribution >= 0.6 is 11.8 Å². The zero-order valence-corrected chi connectivity index (χ0v) is 10.1. The number of rotatable bonds is 4. The lowest BCUT2D eigenvalue weighted by Crippen LogP contribution is -1.90. The van der Waals surface area contributed by atoms with Gasteiger partial charge in [0.05, 0.1) is 5.52 Å². The standard InChI is InChI=1S/C12H15N3S/c1-2-3-6-16-12-10-5-4-9(13)7-11(10)14-8-15-12/h4-5,7-8H,2-3,6,13H2,1H3. The minimum Gasteiger partial charge on any atom is -0.399 e. The van der Waals surface area contributed by atoms with Crippen molar-refractivity contribution in [1.82, 2.24) is 9.97 Å². The number of hydrogen-bond donors (Lipinski definition) is 1. The Morgan fingerprint density at radius 3 is 3.00 bits per heavy atom. The zero-order valence-electron chi connectivity index (χ0n) is 9.31. The second-order valence-corrected chi connectivity index (χ2v) is 4.74. The minimum atomic E-state index is 0.746. The van der Waals surface area contributed by atoms with Crippen LogP contribution in [0.5, 0.6) is 0 Å². The quantitative estimate of drug-likeness (QED) is 0.381. The molecule has 0 unspecified atom stereocenters. The number of anilines is 1. The Hall–Kier alpha value is -1.29. The molecular weight excluding hydrogens is 218 g/mol. The van der Waals surface area contributed by atoms with Crippen LogP contribution < -0.4 is 5.73 Å². The maximum absolute atomic E-state index is 5.73. The second-order valence-electron chi connectivity index (χ2n) is 3.66. The minimum absolute atomic E-state index is 0.746. The number of unbranched alkanes of at least 4 members (excludes halogenated alkanes) is 1. The molecule has 0 saturated heterocycles. The van der Waals surface area contributed by atoms with Crippen molar-refractivity contribution >= 4 is 28.4 Å². The molecule has 0 radical (unpaired) electrons. The van der Waals surface area contributed by atoms with E-state index in [4.69, 9.17) is 5.73 Å². The van der Waals surface area contributed by atoms with Gasteiger partial charge in [0.15, 0.2) is 0 Å². The van der Waals surface area contributed by atoms with Gasteiger partial charge in [0.1, 0.15) is 11.4 Å². The summed E-state index contributed by atoms with van der Waals surface area (Å²) < 4.78 is 0. The molecule has 0 aliphatic rings. The smallest absolute Gasteiger partial charge is 0.117 e. The van der Waals surface area contributed by atoms with Gasteiger partial charge in [0.25, 0.3) is 0 Å². The molecule has 1 heterocycles. The summed E-state index contributed by atoms with van der Waals surface area (Å²) in [7, 11) is 0. The van der Waals surface area contributed by atoms with Gasteiger partial charge < -0.3 is 5.73 Å². The molecule has 4 heteroatoms.